The number of rotatable bonds is 18. The van der Waals surface area contributed by atoms with Crippen molar-refractivity contribution in [1.82, 2.24) is 0 Å². The number of carbonyl (C=O) groups is 4. The lowest BCUT2D eigenvalue weighted by Gasteiger charge is -2.29. The van der Waals surface area contributed by atoms with E-state index < -0.39 is 43.6 Å². The van der Waals surface area contributed by atoms with E-state index in [0.717, 1.165) is 120 Å². The molecule has 0 aliphatic heterocycles. The summed E-state index contributed by atoms with van der Waals surface area (Å²) in [4.78, 5) is 48.1. The first-order valence-corrected chi connectivity index (χ1v) is 50.2. The summed E-state index contributed by atoms with van der Waals surface area (Å²) in [5.74, 6) is 25.4. The van der Waals surface area contributed by atoms with Gasteiger partial charge in [0.05, 0.1) is 36.5 Å². The number of fused-ring (bicyclic) bond motifs is 4. The zero-order chi connectivity index (χ0) is 94.2. The Morgan fingerprint density at radius 3 is 0.522 bits per heavy atom. The zero-order valence-corrected chi connectivity index (χ0v) is 78.6. The molecule has 8 nitrogen and oxygen atoms in total. The zero-order valence-electron chi connectivity index (χ0n) is 75.0. The van der Waals surface area contributed by atoms with Crippen molar-refractivity contribution in [1.29, 1.82) is 0 Å². The molecule has 0 amide bonds. The van der Waals surface area contributed by atoms with E-state index in [2.05, 4.69) is 411 Å². The number of hydrogen-bond acceptors (Lipinski definition) is 6. The van der Waals surface area contributed by atoms with Crippen molar-refractivity contribution in [3.63, 3.8) is 0 Å². The van der Waals surface area contributed by atoms with E-state index in [1.165, 1.54) is 67.3 Å². The van der Waals surface area contributed by atoms with Crippen molar-refractivity contribution in [2.75, 3.05) is 14.2 Å². The smallest absolute Gasteiger partial charge is 0.337 e. The maximum atomic E-state index is 12.3. The lowest BCUT2D eigenvalue weighted by atomic mass is 9.90. The number of methoxy groups -OCH3 is 2. The van der Waals surface area contributed by atoms with E-state index in [9.17, 15) is 29.4 Å². The molecule has 656 valence electrons. The van der Waals surface area contributed by atoms with Crippen LogP contribution in [-0.4, -0.2) is 48.3 Å². The highest BCUT2D eigenvalue weighted by Gasteiger charge is 2.33. The first-order valence-electron chi connectivity index (χ1n) is 44.9. The number of carboxylic acids is 2. The van der Waals surface area contributed by atoms with E-state index >= 15 is 0 Å². The second kappa shape index (κ2) is 42.2. The van der Waals surface area contributed by atoms with Crippen LogP contribution in [0.15, 0.2) is 461 Å². The summed E-state index contributed by atoms with van der Waals surface area (Å²) in [7, 11) is -1.99. The molecule has 0 fully saturated rings. The van der Waals surface area contributed by atoms with E-state index in [1.807, 2.05) is 24.3 Å². The van der Waals surface area contributed by atoms with Crippen LogP contribution < -0.4 is 63.7 Å². The van der Waals surface area contributed by atoms with Gasteiger partial charge in [-0.2, -0.15) is 0 Å². The van der Waals surface area contributed by atoms with E-state index in [1.54, 1.807) is 72.8 Å². The molecule has 0 radical (unpaired) electrons. The Morgan fingerprint density at radius 1 is 0.196 bits per heavy atom. The number of esters is 2. The largest absolute Gasteiger partial charge is 0.478 e. The van der Waals surface area contributed by atoms with Gasteiger partial charge in [-0.3, -0.25) is 0 Å². The van der Waals surface area contributed by atoms with Crippen molar-refractivity contribution in [2.24, 2.45) is 0 Å². The standard InChI is InChI=1S/C64H44O4P2.C62H40O4P2/c1-67-63(65)47-37-31-45(32-38-47)35-41-49-43-59(69(51-19-7-3-8-20-51)52-21-9-4-10-22-52)61(57-29-17-15-27-55(49)57)62-58-30-18-16-28-56(58)50(42-36-46-33-39-48(40-34-46)64(66)68-2)44-60(62)70(53-23-11-5-12-24-53)54-25-13-6-14-26-54;63-61(64)45-35-29-43(30-36-45)33-39-47-41-57(67(49-17-5-1-6-18-49)50-19-7-2-8-20-50)59(55-27-15-13-25-53(47)55)60-56-28-16-14-26-54(56)48(40-34-44-31-37-46(38-32-44)62(65)66)42-58(60)68(51-21-9-3-10-22-51)52-23-11-4-12-24-52/h3-34,37-40,43-44H,1-2H3;1-32,35-38,41-42H,(H,63,64)(H,65,66). The Balaban J connectivity index is 0.000000176. The molecule has 0 saturated carbocycles. The second-order valence-electron chi connectivity index (χ2n) is 32.4. The number of aromatic carboxylic acids is 2. The Kier molecular flexibility index (Phi) is 27.7. The summed E-state index contributed by atoms with van der Waals surface area (Å²) in [6.45, 7) is 0. The van der Waals surface area contributed by atoms with E-state index in [-0.39, 0.29) is 23.1 Å². The van der Waals surface area contributed by atoms with Crippen molar-refractivity contribution < 1.29 is 38.9 Å². The molecule has 0 aliphatic rings. The van der Waals surface area contributed by atoms with Crippen LogP contribution in [-0.2, 0) is 9.47 Å². The molecular formula is C126H84O8P4. The van der Waals surface area contributed by atoms with Crippen LogP contribution in [0.1, 0.15) is 85.9 Å². The minimum atomic E-state index is -1.20. The van der Waals surface area contributed by atoms with Gasteiger partial charge in [-0.25, -0.2) is 19.2 Å². The number of ether oxygens (including phenoxy) is 2. The van der Waals surface area contributed by atoms with Crippen LogP contribution in [0.25, 0.3) is 65.3 Å². The molecule has 0 atom stereocenters. The third kappa shape index (κ3) is 19.7. The van der Waals surface area contributed by atoms with Crippen molar-refractivity contribution in [3.8, 4) is 69.6 Å². The minimum Gasteiger partial charge on any atom is -0.478 e. The van der Waals surface area contributed by atoms with Crippen LogP contribution in [0.2, 0.25) is 0 Å². The molecular weight excluding hydrogens is 1770 g/mol. The minimum absolute atomic E-state index is 0.212. The first kappa shape index (κ1) is 90.4. The third-order valence-electron chi connectivity index (χ3n) is 23.9. The number of carbonyl (C=O) groups excluding carboxylic acids is 2. The highest BCUT2D eigenvalue weighted by Crippen LogP contribution is 2.50. The van der Waals surface area contributed by atoms with E-state index in [4.69, 9.17) is 9.47 Å². The molecule has 0 spiro atoms. The molecule has 0 heterocycles. The van der Waals surface area contributed by atoms with Gasteiger partial charge in [0.15, 0.2) is 0 Å². The van der Waals surface area contributed by atoms with Crippen LogP contribution in [0.3, 0.4) is 0 Å². The fourth-order valence-electron chi connectivity index (χ4n) is 17.5. The van der Waals surface area contributed by atoms with Crippen molar-refractivity contribution in [3.05, 3.63) is 528 Å². The molecule has 0 aliphatic carbocycles. The number of benzene rings is 20. The SMILES string of the molecule is COC(=O)c1ccc(C#Cc2cc(P(c3ccccc3)c3ccccc3)c(-c3c(P(c4ccccc4)c4ccccc4)cc(C#Cc4ccc(C(=O)OC)cc4)c4ccccc34)c3ccccc23)cc1.O=C(O)c1ccc(C#Cc2cc(P(c3ccccc3)c3ccccc3)c(-c3c(P(c4ccccc4)c4ccccc4)cc(C#Cc4ccc(C(=O)O)cc4)c4ccccc34)c3ccccc23)cc1. The Morgan fingerprint density at radius 2 is 0.355 bits per heavy atom. The van der Waals surface area contributed by atoms with Gasteiger partial charge in [-0.05, 0) is 282 Å². The molecule has 20 rings (SSSR count). The topological polar surface area (TPSA) is 127 Å². The van der Waals surface area contributed by atoms with Crippen LogP contribution in [0.4, 0.5) is 0 Å². The van der Waals surface area contributed by atoms with Crippen LogP contribution in [0.5, 0.6) is 0 Å². The summed E-state index contributed by atoms with van der Waals surface area (Å²) >= 11 is 0. The molecule has 2 N–H and O–H groups in total. The molecule has 0 unspecified atom stereocenters. The van der Waals surface area contributed by atoms with Gasteiger partial charge < -0.3 is 19.7 Å². The Hall–Kier alpha value is -16.7. The lowest BCUT2D eigenvalue weighted by Crippen LogP contribution is -2.26. The average molecular weight is 1850 g/mol. The predicted octanol–water partition coefficient (Wildman–Crippen LogP) is 22.9. The van der Waals surface area contributed by atoms with E-state index in [0.29, 0.717) is 11.1 Å². The van der Waals surface area contributed by atoms with Gasteiger partial charge in [0.25, 0.3) is 0 Å². The molecule has 20 aromatic rings. The maximum Gasteiger partial charge on any atom is 0.337 e. The molecule has 0 saturated heterocycles. The Bertz CT molecular complexity index is 7590. The van der Waals surface area contributed by atoms with Gasteiger partial charge >= 0.3 is 23.9 Å². The molecule has 0 bridgehead atoms. The number of carboxylic acid groups (broad SMARTS) is 2. The molecule has 138 heavy (non-hydrogen) atoms. The maximum absolute atomic E-state index is 12.3. The summed E-state index contributed by atoms with van der Waals surface area (Å²) in [6, 6.07) is 158. The fraction of sp³-hybridized carbons (Fsp3) is 0.0159. The quantitative estimate of drug-likeness (QED) is 0.0494. The first-order chi connectivity index (χ1) is 67.9. The van der Waals surface area contributed by atoms with Gasteiger partial charge in [-0.1, -0.05) is 387 Å². The Labute approximate surface area is 807 Å². The summed E-state index contributed by atoms with van der Waals surface area (Å²) < 4.78 is 9.94. The van der Waals surface area contributed by atoms with Gasteiger partial charge in [0, 0.05) is 44.5 Å². The summed E-state index contributed by atoms with van der Waals surface area (Å²) in [6.07, 6.45) is 0. The molecule has 20 aromatic carbocycles. The predicted molar refractivity (Wildman–Crippen MR) is 575 cm³/mol. The monoisotopic (exact) mass is 1850 g/mol. The van der Waals surface area contributed by atoms with Gasteiger partial charge in [-0.15, -0.1) is 0 Å². The number of hydrogen-bond donors (Lipinski definition) is 2. The normalized spacial score (nSPS) is 10.9. The van der Waals surface area contributed by atoms with Crippen molar-refractivity contribution >= 4 is 162 Å². The summed E-state index contributed by atoms with van der Waals surface area (Å²) in [5.41, 5.74) is 12.5. The highest BCUT2D eigenvalue weighted by molar-refractivity contribution is 7.81. The second-order valence-corrected chi connectivity index (χ2v) is 41.1. The fourth-order valence-corrected chi connectivity index (χ4v) is 27.5. The summed E-state index contributed by atoms with van der Waals surface area (Å²) in [5, 5.41) is 41.9. The third-order valence-corrected chi connectivity index (χ3v) is 33.8. The average Bonchev–Trinajstić information content (AvgIpc) is 0.721. The van der Waals surface area contributed by atoms with Crippen LogP contribution in [0, 0.1) is 47.4 Å². The molecule has 0 aromatic heterocycles. The lowest BCUT2D eigenvalue weighted by molar-refractivity contribution is 0.0592. The molecule has 12 heteroatoms. The van der Waals surface area contributed by atoms with Gasteiger partial charge in [0.2, 0.25) is 0 Å². The van der Waals surface area contributed by atoms with Crippen molar-refractivity contribution in [2.45, 2.75) is 0 Å². The van der Waals surface area contributed by atoms with Crippen LogP contribution >= 0.6 is 31.7 Å². The van der Waals surface area contributed by atoms with Gasteiger partial charge in [0.1, 0.15) is 0 Å². The highest BCUT2D eigenvalue weighted by atomic mass is 31.1.